The second-order valence-corrected chi connectivity index (χ2v) is 4.91. The van der Waals surface area contributed by atoms with Gasteiger partial charge in [0.25, 0.3) is 5.56 Å². The molecule has 4 nitrogen and oxygen atoms in total. The van der Waals surface area contributed by atoms with Crippen molar-refractivity contribution in [1.29, 1.82) is 0 Å². The number of piperidine rings is 1. The van der Waals surface area contributed by atoms with Crippen LogP contribution in [0.15, 0.2) is 4.79 Å². The van der Waals surface area contributed by atoms with E-state index in [-0.39, 0.29) is 5.56 Å². The van der Waals surface area contributed by atoms with E-state index >= 15 is 0 Å². The average molecular weight is 235 g/mol. The lowest BCUT2D eigenvalue weighted by Gasteiger charge is -2.23. The van der Waals surface area contributed by atoms with Crippen molar-refractivity contribution in [2.45, 2.75) is 52.0 Å². The molecule has 0 saturated carbocycles. The number of rotatable bonds is 3. The Bertz CT molecular complexity index is 433. The van der Waals surface area contributed by atoms with Crippen molar-refractivity contribution in [1.82, 2.24) is 15.3 Å². The van der Waals surface area contributed by atoms with E-state index < -0.39 is 0 Å². The molecular formula is C13H21N3O. The second-order valence-electron chi connectivity index (χ2n) is 4.91. The fourth-order valence-electron chi connectivity index (χ4n) is 2.43. The minimum absolute atomic E-state index is 0.00380. The van der Waals surface area contributed by atoms with E-state index in [0.29, 0.717) is 11.9 Å². The molecule has 0 radical (unpaired) electrons. The van der Waals surface area contributed by atoms with Crippen molar-refractivity contribution in [2.75, 3.05) is 6.54 Å². The third-order valence-corrected chi connectivity index (χ3v) is 3.51. The van der Waals surface area contributed by atoms with E-state index in [1.165, 1.54) is 19.3 Å². The fourth-order valence-corrected chi connectivity index (χ4v) is 2.43. The van der Waals surface area contributed by atoms with Gasteiger partial charge in [-0.2, -0.15) is 0 Å². The van der Waals surface area contributed by atoms with Gasteiger partial charge in [-0.05, 0) is 46.1 Å². The smallest absolute Gasteiger partial charge is 0.254 e. The molecule has 2 heterocycles. The highest BCUT2D eigenvalue weighted by Crippen LogP contribution is 2.13. The summed E-state index contributed by atoms with van der Waals surface area (Å²) in [5.74, 6) is 0.715. The average Bonchev–Trinajstić information content (AvgIpc) is 2.33. The van der Waals surface area contributed by atoms with Crippen LogP contribution in [-0.2, 0) is 6.42 Å². The molecule has 1 unspecified atom stereocenters. The first-order valence-electron chi connectivity index (χ1n) is 6.46. The molecule has 1 saturated heterocycles. The molecule has 4 heteroatoms. The van der Waals surface area contributed by atoms with Crippen molar-refractivity contribution in [3.8, 4) is 0 Å². The normalized spacial score (nSPS) is 20.5. The van der Waals surface area contributed by atoms with Crippen LogP contribution in [-0.4, -0.2) is 22.6 Å². The molecule has 1 aliphatic rings. The van der Waals surface area contributed by atoms with Crippen molar-refractivity contribution < 1.29 is 0 Å². The number of H-pyrrole nitrogens is 1. The first-order valence-corrected chi connectivity index (χ1v) is 6.46. The molecule has 17 heavy (non-hydrogen) atoms. The zero-order chi connectivity index (χ0) is 12.3. The standard InChI is InChI=1S/C13H21N3O/c1-9-12(15-10(2)16-13(9)17)7-6-11-5-3-4-8-14-11/h11,14H,3-8H2,1-2H3,(H,15,16,17). The number of hydrogen-bond donors (Lipinski definition) is 2. The number of nitrogens with one attached hydrogen (secondary N) is 2. The summed E-state index contributed by atoms with van der Waals surface area (Å²) in [5, 5.41) is 3.52. The largest absolute Gasteiger partial charge is 0.314 e. The van der Waals surface area contributed by atoms with Gasteiger partial charge >= 0.3 is 0 Å². The highest BCUT2D eigenvalue weighted by molar-refractivity contribution is 5.16. The van der Waals surface area contributed by atoms with E-state index in [1.807, 2.05) is 13.8 Å². The Kier molecular flexibility index (Phi) is 3.94. The van der Waals surface area contributed by atoms with Gasteiger partial charge in [0.1, 0.15) is 5.82 Å². The molecular weight excluding hydrogens is 214 g/mol. The lowest BCUT2D eigenvalue weighted by molar-refractivity contribution is 0.381. The van der Waals surface area contributed by atoms with Crippen molar-refractivity contribution >= 4 is 0 Å². The van der Waals surface area contributed by atoms with E-state index in [1.54, 1.807) is 0 Å². The number of hydrogen-bond acceptors (Lipinski definition) is 3. The highest BCUT2D eigenvalue weighted by atomic mass is 16.1. The fraction of sp³-hybridized carbons (Fsp3) is 0.692. The van der Waals surface area contributed by atoms with Crippen LogP contribution < -0.4 is 10.9 Å². The monoisotopic (exact) mass is 235 g/mol. The molecule has 2 rings (SSSR count). The Morgan fingerprint density at radius 2 is 2.18 bits per heavy atom. The molecule has 2 N–H and O–H groups in total. The van der Waals surface area contributed by atoms with E-state index in [9.17, 15) is 4.79 Å². The summed E-state index contributed by atoms with van der Waals surface area (Å²) in [6.45, 7) is 4.82. The molecule has 0 bridgehead atoms. The van der Waals surface area contributed by atoms with Gasteiger partial charge in [0.2, 0.25) is 0 Å². The van der Waals surface area contributed by atoms with Crippen molar-refractivity contribution in [2.24, 2.45) is 0 Å². The molecule has 1 fully saturated rings. The topological polar surface area (TPSA) is 57.8 Å². The van der Waals surface area contributed by atoms with Gasteiger partial charge in [0.15, 0.2) is 0 Å². The molecule has 0 spiro atoms. The predicted molar refractivity (Wildman–Crippen MR) is 68.3 cm³/mol. The molecule has 94 valence electrons. The summed E-state index contributed by atoms with van der Waals surface area (Å²) in [4.78, 5) is 18.8. The van der Waals surface area contributed by atoms with Crippen LogP contribution in [0.4, 0.5) is 0 Å². The SMILES string of the molecule is Cc1nc(CCC2CCCCN2)c(C)c(=O)[nH]1. The summed E-state index contributed by atoms with van der Waals surface area (Å²) in [5.41, 5.74) is 1.73. The Morgan fingerprint density at radius 3 is 2.88 bits per heavy atom. The summed E-state index contributed by atoms with van der Waals surface area (Å²) in [6.07, 6.45) is 5.84. The molecule has 1 atom stereocenters. The lowest BCUT2D eigenvalue weighted by Crippen LogP contribution is -2.34. The molecule has 1 aromatic rings. The van der Waals surface area contributed by atoms with Crippen molar-refractivity contribution in [3.05, 3.63) is 27.4 Å². The minimum Gasteiger partial charge on any atom is -0.314 e. The zero-order valence-corrected chi connectivity index (χ0v) is 10.7. The van der Waals surface area contributed by atoms with Crippen LogP contribution in [0.25, 0.3) is 0 Å². The third-order valence-electron chi connectivity index (χ3n) is 3.51. The molecule has 0 aromatic carbocycles. The first-order chi connectivity index (χ1) is 8.16. The predicted octanol–water partition coefficient (Wildman–Crippen LogP) is 1.46. The van der Waals surface area contributed by atoms with Gasteiger partial charge in [0, 0.05) is 11.6 Å². The van der Waals surface area contributed by atoms with Gasteiger partial charge in [-0.1, -0.05) is 6.42 Å². The summed E-state index contributed by atoms with van der Waals surface area (Å²) in [6, 6.07) is 0.601. The summed E-state index contributed by atoms with van der Waals surface area (Å²) in [7, 11) is 0. The summed E-state index contributed by atoms with van der Waals surface area (Å²) >= 11 is 0. The van der Waals surface area contributed by atoms with Crippen LogP contribution in [0.5, 0.6) is 0 Å². The maximum atomic E-state index is 11.6. The van der Waals surface area contributed by atoms with Gasteiger partial charge in [-0.15, -0.1) is 0 Å². The quantitative estimate of drug-likeness (QED) is 0.834. The van der Waals surface area contributed by atoms with Crippen LogP contribution in [0.3, 0.4) is 0 Å². The maximum absolute atomic E-state index is 11.6. The van der Waals surface area contributed by atoms with E-state index in [4.69, 9.17) is 0 Å². The Morgan fingerprint density at radius 1 is 1.35 bits per heavy atom. The second kappa shape index (κ2) is 5.45. The third kappa shape index (κ3) is 3.16. The van der Waals surface area contributed by atoms with Gasteiger partial charge in [-0.25, -0.2) is 4.98 Å². The number of aryl methyl sites for hydroxylation is 2. The molecule has 0 amide bonds. The molecule has 0 aliphatic carbocycles. The number of aromatic amines is 1. The molecule has 1 aliphatic heterocycles. The zero-order valence-electron chi connectivity index (χ0n) is 10.7. The van der Waals surface area contributed by atoms with Gasteiger partial charge in [0.05, 0.1) is 5.69 Å². The van der Waals surface area contributed by atoms with Crippen molar-refractivity contribution in [3.63, 3.8) is 0 Å². The first kappa shape index (κ1) is 12.3. The molecule has 1 aromatic heterocycles. The Hall–Kier alpha value is -1.16. The number of nitrogens with zero attached hydrogens (tertiary/aromatic N) is 1. The lowest BCUT2D eigenvalue weighted by atomic mass is 9.99. The van der Waals surface area contributed by atoms with Crippen LogP contribution >= 0.6 is 0 Å². The Labute approximate surface area is 102 Å². The van der Waals surface area contributed by atoms with Crippen LogP contribution in [0.1, 0.15) is 42.8 Å². The van der Waals surface area contributed by atoms with Crippen LogP contribution in [0.2, 0.25) is 0 Å². The van der Waals surface area contributed by atoms with Gasteiger partial charge < -0.3 is 10.3 Å². The van der Waals surface area contributed by atoms with Gasteiger partial charge in [-0.3, -0.25) is 4.79 Å². The summed E-state index contributed by atoms with van der Waals surface area (Å²) < 4.78 is 0. The minimum atomic E-state index is 0.00380. The van der Waals surface area contributed by atoms with Crippen LogP contribution in [0, 0.1) is 13.8 Å². The van der Waals surface area contributed by atoms with E-state index in [2.05, 4.69) is 15.3 Å². The maximum Gasteiger partial charge on any atom is 0.254 e. The number of aromatic nitrogens is 2. The van der Waals surface area contributed by atoms with E-state index in [0.717, 1.165) is 30.6 Å². The Balaban J connectivity index is 2.00. The highest BCUT2D eigenvalue weighted by Gasteiger charge is 2.14.